The minimum Gasteiger partial charge on any atom is -0.444 e. The number of nitriles is 1. The molecule has 6 rings (SSSR count). The van der Waals surface area contributed by atoms with Gasteiger partial charge in [0, 0.05) is 48.5 Å². The molecule has 3 aliphatic rings. The van der Waals surface area contributed by atoms with Crippen molar-refractivity contribution in [1.82, 2.24) is 19.7 Å². The maximum atomic E-state index is 16.6. The summed E-state index contributed by atoms with van der Waals surface area (Å²) in [7, 11) is 0. The van der Waals surface area contributed by atoms with Gasteiger partial charge in [-0.3, -0.25) is 4.68 Å². The van der Waals surface area contributed by atoms with E-state index in [2.05, 4.69) is 11.1 Å². The van der Waals surface area contributed by atoms with Crippen LogP contribution in [-0.4, -0.2) is 44.4 Å². The zero-order valence-corrected chi connectivity index (χ0v) is 23.8. The Morgan fingerprint density at radius 1 is 1.19 bits per heavy atom. The van der Waals surface area contributed by atoms with Crippen LogP contribution in [-0.2, 0) is 17.3 Å². The summed E-state index contributed by atoms with van der Waals surface area (Å²) in [4.78, 5) is 18.8. The molecule has 3 fully saturated rings. The lowest BCUT2D eigenvalue weighted by atomic mass is 9.95. The Morgan fingerprint density at radius 3 is 2.43 bits per heavy atom. The van der Waals surface area contributed by atoms with Gasteiger partial charge in [0.15, 0.2) is 5.82 Å². The number of rotatable bonds is 5. The van der Waals surface area contributed by atoms with Crippen LogP contribution in [0.5, 0.6) is 0 Å². The summed E-state index contributed by atoms with van der Waals surface area (Å²) >= 11 is 0. The first-order valence-corrected chi connectivity index (χ1v) is 14.1. The molecule has 8 nitrogen and oxygen atoms in total. The van der Waals surface area contributed by atoms with E-state index in [9.17, 15) is 23.2 Å². The molecule has 1 amide bonds. The van der Waals surface area contributed by atoms with Gasteiger partial charge < -0.3 is 15.4 Å². The van der Waals surface area contributed by atoms with Crippen molar-refractivity contribution in [3.8, 4) is 17.3 Å². The van der Waals surface area contributed by atoms with Crippen LogP contribution in [0.15, 0.2) is 12.1 Å². The fraction of sp³-hybridized carbons (Fsp3) is 0.533. The Kier molecular flexibility index (Phi) is 6.44. The molecule has 222 valence electrons. The number of likely N-dealkylation sites (tertiary alicyclic amines) is 1. The van der Waals surface area contributed by atoms with E-state index in [4.69, 9.17) is 15.6 Å². The zero-order chi connectivity index (χ0) is 30.3. The molecular formula is C30H32F4N6O2. The van der Waals surface area contributed by atoms with Gasteiger partial charge in [0.25, 0.3) is 0 Å². The molecular weight excluding hydrogens is 552 g/mol. The molecule has 2 aromatic heterocycles. The number of nitrogen functional groups attached to an aromatic ring is 1. The molecule has 3 atom stereocenters. The second kappa shape index (κ2) is 9.57. The van der Waals surface area contributed by atoms with Crippen LogP contribution in [0.3, 0.4) is 0 Å². The molecule has 0 spiro atoms. The van der Waals surface area contributed by atoms with Crippen molar-refractivity contribution in [3.63, 3.8) is 0 Å². The number of nitrogens with two attached hydrogens (primary N) is 1. The van der Waals surface area contributed by atoms with E-state index in [1.165, 1.54) is 13.0 Å². The van der Waals surface area contributed by atoms with Gasteiger partial charge in [-0.1, -0.05) is 0 Å². The van der Waals surface area contributed by atoms with Crippen LogP contribution >= 0.6 is 0 Å². The van der Waals surface area contributed by atoms with E-state index in [-0.39, 0.29) is 59.5 Å². The second-order valence-electron chi connectivity index (χ2n) is 12.7. The maximum Gasteiger partial charge on any atom is 0.417 e. The number of carbonyl (C=O) groups excluding carboxylic acids is 1. The Labute approximate surface area is 240 Å². The molecule has 1 aliphatic heterocycles. The SMILES string of the molecule is Cc1cc(N)cc(-c2nc(CCC#N)c3c(C4[C@H]5CN(C(=O)OC(C)(C)C)C[C@@H]45)nn(C4CC4)c3c2F)c1C(F)(F)F. The molecule has 3 heterocycles. The largest absolute Gasteiger partial charge is 0.444 e. The first kappa shape index (κ1) is 28.2. The highest BCUT2D eigenvalue weighted by Crippen LogP contribution is 2.60. The van der Waals surface area contributed by atoms with Crippen molar-refractivity contribution in [3.05, 3.63) is 40.5 Å². The Balaban J connectivity index is 1.48. The summed E-state index contributed by atoms with van der Waals surface area (Å²) in [5.41, 5.74) is 4.47. The number of ether oxygens (including phenoxy) is 1. The quantitative estimate of drug-likeness (QED) is 0.270. The Morgan fingerprint density at radius 2 is 1.86 bits per heavy atom. The highest BCUT2D eigenvalue weighted by Gasteiger charge is 2.59. The smallest absolute Gasteiger partial charge is 0.417 e. The number of alkyl halides is 3. The van der Waals surface area contributed by atoms with Gasteiger partial charge in [0.2, 0.25) is 0 Å². The van der Waals surface area contributed by atoms with Gasteiger partial charge in [-0.2, -0.15) is 23.5 Å². The summed E-state index contributed by atoms with van der Waals surface area (Å²) in [5.74, 6) is -0.737. The average molecular weight is 585 g/mol. The number of fused-ring (bicyclic) bond motifs is 2. The van der Waals surface area contributed by atoms with E-state index < -0.39 is 34.4 Å². The molecule has 1 aromatic carbocycles. The molecule has 42 heavy (non-hydrogen) atoms. The molecule has 12 heteroatoms. The molecule has 2 aliphatic carbocycles. The van der Waals surface area contributed by atoms with Gasteiger partial charge >= 0.3 is 12.3 Å². The number of hydrogen-bond donors (Lipinski definition) is 1. The number of aryl methyl sites for hydroxylation is 2. The van der Waals surface area contributed by atoms with Crippen molar-refractivity contribution in [2.45, 2.75) is 77.1 Å². The van der Waals surface area contributed by atoms with Gasteiger partial charge in [-0.05, 0) is 70.1 Å². The Bertz CT molecular complexity index is 1630. The van der Waals surface area contributed by atoms with Crippen molar-refractivity contribution in [1.29, 1.82) is 5.26 Å². The average Bonchev–Trinajstić information content (AvgIpc) is 3.75. The topological polar surface area (TPSA) is 110 Å². The summed E-state index contributed by atoms with van der Waals surface area (Å²) in [6.07, 6.45) is -3.43. The van der Waals surface area contributed by atoms with Crippen LogP contribution in [0.1, 0.15) is 74.5 Å². The minimum atomic E-state index is -4.77. The molecule has 1 unspecified atom stereocenters. The number of piperidine rings is 1. The van der Waals surface area contributed by atoms with E-state index in [1.807, 2.05) is 20.8 Å². The van der Waals surface area contributed by atoms with Gasteiger partial charge in [-0.25, -0.2) is 14.2 Å². The normalized spacial score (nSPS) is 21.9. The van der Waals surface area contributed by atoms with Crippen molar-refractivity contribution < 1.29 is 27.1 Å². The first-order valence-electron chi connectivity index (χ1n) is 14.1. The molecule has 1 saturated heterocycles. The predicted octanol–water partition coefficient (Wildman–Crippen LogP) is 6.52. The number of pyridine rings is 1. The predicted molar refractivity (Wildman–Crippen MR) is 147 cm³/mol. The number of hydrogen-bond acceptors (Lipinski definition) is 6. The summed E-state index contributed by atoms with van der Waals surface area (Å²) in [6, 6.07) is 4.31. The zero-order valence-electron chi connectivity index (χ0n) is 23.8. The van der Waals surface area contributed by atoms with Crippen molar-refractivity contribution >= 4 is 22.7 Å². The number of anilines is 1. The number of nitrogens with zero attached hydrogens (tertiary/aromatic N) is 5. The lowest BCUT2D eigenvalue weighted by Crippen LogP contribution is -2.36. The number of carbonyl (C=O) groups is 1. The van der Waals surface area contributed by atoms with Crippen LogP contribution < -0.4 is 5.73 Å². The number of halogens is 4. The third-order valence-electron chi connectivity index (χ3n) is 8.31. The first-order chi connectivity index (χ1) is 19.7. The van der Waals surface area contributed by atoms with Gasteiger partial charge in [0.05, 0.1) is 29.1 Å². The lowest BCUT2D eigenvalue weighted by Gasteiger charge is -2.25. The summed E-state index contributed by atoms with van der Waals surface area (Å²) in [5, 5.41) is 14.7. The maximum absolute atomic E-state index is 16.6. The standard InChI is InChI=1S/C30H32F4N6O2/c1-14-10-15(36)11-17(23(14)30(32,33)34)25-24(31)27-22(20(37-25)6-5-9-35)26(38-40(27)16-7-8-16)21-18-12-39(13-19(18)21)28(41)42-29(2,3)4/h10-11,16,18-19,21H,5-8,12-13,36H2,1-4H3/t18-,19+,21?. The number of aromatic nitrogens is 3. The van der Waals surface area contributed by atoms with Crippen LogP contribution in [0.4, 0.5) is 28.0 Å². The van der Waals surface area contributed by atoms with Crippen molar-refractivity contribution in [2.24, 2.45) is 11.8 Å². The van der Waals surface area contributed by atoms with Gasteiger partial charge in [0.1, 0.15) is 16.8 Å². The molecule has 0 bridgehead atoms. The third-order valence-corrected chi connectivity index (χ3v) is 8.31. The van der Waals surface area contributed by atoms with E-state index in [0.717, 1.165) is 18.9 Å². The lowest BCUT2D eigenvalue weighted by molar-refractivity contribution is -0.137. The fourth-order valence-electron chi connectivity index (χ4n) is 6.43. The number of amides is 1. The highest BCUT2D eigenvalue weighted by atomic mass is 19.4. The summed E-state index contributed by atoms with van der Waals surface area (Å²) < 4.78 is 66.4. The van der Waals surface area contributed by atoms with E-state index in [1.54, 1.807) is 9.58 Å². The Hall–Kier alpha value is -3.88. The molecule has 0 radical (unpaired) electrons. The van der Waals surface area contributed by atoms with Crippen LogP contribution in [0.2, 0.25) is 0 Å². The van der Waals surface area contributed by atoms with Crippen LogP contribution in [0, 0.1) is 35.9 Å². The molecule has 2 saturated carbocycles. The molecule has 2 N–H and O–H groups in total. The van der Waals surface area contributed by atoms with Gasteiger partial charge in [-0.15, -0.1) is 0 Å². The third kappa shape index (κ3) is 4.82. The minimum absolute atomic E-state index is 0.0489. The van der Waals surface area contributed by atoms with Crippen molar-refractivity contribution in [2.75, 3.05) is 18.8 Å². The molecule has 3 aromatic rings. The van der Waals surface area contributed by atoms with Crippen LogP contribution in [0.25, 0.3) is 22.2 Å². The van der Waals surface area contributed by atoms with E-state index in [0.29, 0.717) is 29.9 Å². The van der Waals surface area contributed by atoms with E-state index >= 15 is 4.39 Å². The monoisotopic (exact) mass is 584 g/mol. The highest BCUT2D eigenvalue weighted by molar-refractivity contribution is 5.90. The summed E-state index contributed by atoms with van der Waals surface area (Å²) in [6.45, 7) is 7.66. The second-order valence-corrected chi connectivity index (χ2v) is 12.7. The number of benzene rings is 1. The fourth-order valence-corrected chi connectivity index (χ4v) is 6.43.